The highest BCUT2D eigenvalue weighted by atomic mass is 16.6. The Morgan fingerprint density at radius 3 is 2.68 bits per heavy atom. The van der Waals surface area contributed by atoms with Crippen molar-refractivity contribution in [2.75, 3.05) is 0 Å². The normalized spacial score (nSPS) is 11.6. The van der Waals surface area contributed by atoms with Gasteiger partial charge in [-0.2, -0.15) is 0 Å². The minimum Gasteiger partial charge on any atom is -0.480 e. The summed E-state index contributed by atoms with van der Waals surface area (Å²) in [5, 5.41) is 22.6. The van der Waals surface area contributed by atoms with Gasteiger partial charge in [0.1, 0.15) is 6.04 Å². The Bertz CT molecular complexity index is 794. The predicted molar refractivity (Wildman–Crippen MR) is 87.1 cm³/mol. The maximum atomic E-state index is 12.3. The molecule has 25 heavy (non-hydrogen) atoms. The molecule has 1 aromatic heterocycles. The topological polar surface area (TPSA) is 135 Å². The van der Waals surface area contributed by atoms with Crippen LogP contribution in [0.2, 0.25) is 0 Å². The van der Waals surface area contributed by atoms with Crippen molar-refractivity contribution in [3.63, 3.8) is 0 Å². The fourth-order valence-corrected chi connectivity index (χ4v) is 2.25. The van der Waals surface area contributed by atoms with Crippen LogP contribution in [0.5, 0.6) is 0 Å². The number of nitro benzene ring substituents is 1. The second kappa shape index (κ2) is 7.95. The molecule has 0 aliphatic rings. The largest absolute Gasteiger partial charge is 0.480 e. The highest BCUT2D eigenvalue weighted by molar-refractivity contribution is 5.97. The lowest BCUT2D eigenvalue weighted by molar-refractivity contribution is -0.384. The fourth-order valence-electron chi connectivity index (χ4n) is 2.25. The van der Waals surface area contributed by atoms with Crippen LogP contribution in [-0.2, 0) is 11.2 Å². The van der Waals surface area contributed by atoms with Crippen LogP contribution in [0.15, 0.2) is 36.8 Å². The van der Waals surface area contributed by atoms with Crippen LogP contribution in [0.25, 0.3) is 0 Å². The van der Waals surface area contributed by atoms with E-state index in [1.54, 1.807) is 6.92 Å². The summed E-state index contributed by atoms with van der Waals surface area (Å²) in [6.45, 7) is 1.62. The first kappa shape index (κ1) is 18.0. The van der Waals surface area contributed by atoms with Crippen LogP contribution in [0.3, 0.4) is 0 Å². The number of carbonyl (C=O) groups is 2. The second-order valence-electron chi connectivity index (χ2n) is 5.41. The van der Waals surface area contributed by atoms with Gasteiger partial charge >= 0.3 is 5.97 Å². The van der Waals surface area contributed by atoms with E-state index in [9.17, 15) is 24.8 Å². The number of nitrogens with one attached hydrogen (secondary N) is 1. The Morgan fingerprint density at radius 1 is 1.32 bits per heavy atom. The van der Waals surface area contributed by atoms with E-state index in [4.69, 9.17) is 0 Å². The van der Waals surface area contributed by atoms with Crippen LogP contribution >= 0.6 is 0 Å². The fraction of sp³-hybridized carbons (Fsp3) is 0.250. The number of aryl methyl sites for hydroxylation is 2. The molecule has 1 unspecified atom stereocenters. The number of amides is 1. The van der Waals surface area contributed by atoms with E-state index in [1.807, 2.05) is 0 Å². The molecule has 2 N–H and O–H groups in total. The molecule has 0 bridgehead atoms. The number of aromatic nitrogens is 2. The van der Waals surface area contributed by atoms with E-state index >= 15 is 0 Å². The molecule has 9 nitrogen and oxygen atoms in total. The zero-order chi connectivity index (χ0) is 18.4. The van der Waals surface area contributed by atoms with Gasteiger partial charge in [0, 0.05) is 36.3 Å². The molecule has 9 heteroatoms. The van der Waals surface area contributed by atoms with Crippen molar-refractivity contribution >= 4 is 17.6 Å². The minimum absolute atomic E-state index is 0.0393. The van der Waals surface area contributed by atoms with Gasteiger partial charge in [-0.3, -0.25) is 24.9 Å². The number of aliphatic carboxylic acids is 1. The van der Waals surface area contributed by atoms with Crippen LogP contribution in [-0.4, -0.2) is 37.9 Å². The number of benzene rings is 1. The van der Waals surface area contributed by atoms with Crippen molar-refractivity contribution in [2.24, 2.45) is 0 Å². The summed E-state index contributed by atoms with van der Waals surface area (Å²) in [5.74, 6) is -1.88. The molecule has 0 saturated carbocycles. The van der Waals surface area contributed by atoms with Gasteiger partial charge in [-0.25, -0.2) is 4.79 Å². The third-order valence-corrected chi connectivity index (χ3v) is 3.44. The highest BCUT2D eigenvalue weighted by Gasteiger charge is 2.22. The molecule has 0 fully saturated rings. The average molecular weight is 344 g/mol. The summed E-state index contributed by atoms with van der Waals surface area (Å²) >= 11 is 0. The number of hydrogen-bond acceptors (Lipinski definition) is 6. The average Bonchev–Trinajstić information content (AvgIpc) is 2.58. The molecular weight excluding hydrogens is 328 g/mol. The van der Waals surface area contributed by atoms with Crippen molar-refractivity contribution in [3.05, 3.63) is 63.7 Å². The second-order valence-corrected chi connectivity index (χ2v) is 5.41. The van der Waals surface area contributed by atoms with E-state index in [-0.39, 0.29) is 17.7 Å². The Kier molecular flexibility index (Phi) is 5.72. The predicted octanol–water partition coefficient (Wildman–Crippen LogP) is 1.51. The van der Waals surface area contributed by atoms with Crippen molar-refractivity contribution in [2.45, 2.75) is 25.8 Å². The van der Waals surface area contributed by atoms with Crippen molar-refractivity contribution < 1.29 is 19.6 Å². The maximum absolute atomic E-state index is 12.3. The maximum Gasteiger partial charge on any atom is 0.326 e. The molecule has 1 atom stereocenters. The number of carboxylic acid groups (broad SMARTS) is 1. The van der Waals surface area contributed by atoms with E-state index in [0.717, 1.165) is 6.07 Å². The molecule has 0 aliphatic heterocycles. The summed E-state index contributed by atoms with van der Waals surface area (Å²) in [4.78, 5) is 41.9. The monoisotopic (exact) mass is 344 g/mol. The smallest absolute Gasteiger partial charge is 0.326 e. The Morgan fingerprint density at radius 2 is 2.08 bits per heavy atom. The number of carbonyl (C=O) groups excluding carboxylic acids is 1. The van der Waals surface area contributed by atoms with E-state index in [1.165, 1.54) is 30.7 Å². The molecule has 1 aromatic carbocycles. The summed E-state index contributed by atoms with van der Waals surface area (Å²) in [6.07, 6.45) is 4.96. The van der Waals surface area contributed by atoms with Gasteiger partial charge in [0.15, 0.2) is 0 Å². The molecule has 0 spiro atoms. The summed E-state index contributed by atoms with van der Waals surface area (Å²) in [7, 11) is 0. The van der Waals surface area contributed by atoms with Gasteiger partial charge < -0.3 is 10.4 Å². The molecule has 2 rings (SSSR count). The lowest BCUT2D eigenvalue weighted by Gasteiger charge is -2.14. The summed E-state index contributed by atoms with van der Waals surface area (Å²) in [6, 6.07) is 2.77. The first-order chi connectivity index (χ1) is 11.9. The van der Waals surface area contributed by atoms with Crippen molar-refractivity contribution in [1.29, 1.82) is 0 Å². The first-order valence-electron chi connectivity index (χ1n) is 7.41. The van der Waals surface area contributed by atoms with Crippen LogP contribution < -0.4 is 5.32 Å². The number of hydrogen-bond donors (Lipinski definition) is 2. The SMILES string of the molecule is Cc1cc(C(=O)NC(CCc2cnccn2)C(=O)O)cc([N+](=O)[O-])c1. The minimum atomic E-state index is -1.20. The third kappa shape index (κ3) is 5.06. The lowest BCUT2D eigenvalue weighted by Crippen LogP contribution is -2.41. The van der Waals surface area contributed by atoms with E-state index in [0.29, 0.717) is 17.7 Å². The lowest BCUT2D eigenvalue weighted by atomic mass is 10.1. The van der Waals surface area contributed by atoms with E-state index in [2.05, 4.69) is 15.3 Å². The Balaban J connectivity index is 2.10. The van der Waals surface area contributed by atoms with Gasteiger partial charge in [-0.15, -0.1) is 0 Å². The van der Waals surface area contributed by atoms with Crippen LogP contribution in [0.1, 0.15) is 28.0 Å². The molecule has 0 aliphatic carbocycles. The van der Waals surface area contributed by atoms with Crippen molar-refractivity contribution in [3.8, 4) is 0 Å². The van der Waals surface area contributed by atoms with Gasteiger partial charge in [0.2, 0.25) is 0 Å². The third-order valence-electron chi connectivity index (χ3n) is 3.44. The number of non-ortho nitro benzene ring substituents is 1. The van der Waals surface area contributed by atoms with Crippen LogP contribution in [0.4, 0.5) is 5.69 Å². The standard InChI is InChI=1S/C16H16N4O5/c1-10-6-11(8-13(7-10)20(24)25)15(21)19-14(16(22)23)3-2-12-9-17-4-5-18-12/h4-9,14H,2-3H2,1H3,(H,19,21)(H,22,23). The van der Waals surface area contributed by atoms with Gasteiger partial charge in [-0.1, -0.05) is 0 Å². The Hall–Kier alpha value is -3.36. The molecular formula is C16H16N4O5. The number of nitrogens with zero attached hydrogens (tertiary/aromatic N) is 3. The zero-order valence-corrected chi connectivity index (χ0v) is 13.4. The molecule has 1 amide bonds. The molecule has 0 saturated heterocycles. The highest BCUT2D eigenvalue weighted by Crippen LogP contribution is 2.17. The summed E-state index contributed by atoms with van der Waals surface area (Å²) < 4.78 is 0. The van der Waals surface area contributed by atoms with Gasteiger partial charge in [0.25, 0.3) is 11.6 Å². The van der Waals surface area contributed by atoms with Crippen molar-refractivity contribution in [1.82, 2.24) is 15.3 Å². The first-order valence-corrected chi connectivity index (χ1v) is 7.41. The zero-order valence-electron chi connectivity index (χ0n) is 13.4. The van der Waals surface area contributed by atoms with Crippen LogP contribution in [0, 0.1) is 17.0 Å². The van der Waals surface area contributed by atoms with Gasteiger partial charge in [-0.05, 0) is 31.4 Å². The van der Waals surface area contributed by atoms with Gasteiger partial charge in [0.05, 0.1) is 10.6 Å². The number of nitro groups is 1. The van der Waals surface area contributed by atoms with E-state index < -0.39 is 22.8 Å². The molecule has 2 aromatic rings. The summed E-state index contributed by atoms with van der Waals surface area (Å²) in [5.41, 5.74) is 0.953. The molecule has 1 heterocycles. The quantitative estimate of drug-likeness (QED) is 0.574. The Labute approximate surface area is 142 Å². The molecule has 130 valence electrons. The number of carboxylic acids is 1. The number of rotatable bonds is 7. The molecule has 0 radical (unpaired) electrons.